The summed E-state index contributed by atoms with van der Waals surface area (Å²) in [4.78, 5) is 18.3. The van der Waals surface area contributed by atoms with Crippen molar-refractivity contribution in [3.05, 3.63) is 291 Å². The van der Waals surface area contributed by atoms with Crippen molar-refractivity contribution < 1.29 is 18.3 Å². The number of hydrogen-bond acceptors (Lipinski definition) is 8. The van der Waals surface area contributed by atoms with Gasteiger partial charge in [0.1, 0.15) is 52.9 Å². The molecular weight excluding hydrogens is 1250 g/mol. The maximum absolute atomic E-state index is 2.36. The van der Waals surface area contributed by atoms with E-state index in [1.54, 1.807) is 0 Å². The molecule has 8 heterocycles. The monoisotopic (exact) mass is 1340 g/mol. The van der Waals surface area contributed by atoms with Gasteiger partial charge in [-0.3, -0.25) is 0 Å². The zero-order valence-corrected chi connectivity index (χ0v) is 62.1. The van der Waals surface area contributed by atoms with Gasteiger partial charge in [-0.15, -0.1) is 0 Å². The molecule has 0 radical (unpaired) electrons. The van der Waals surface area contributed by atoms with Crippen LogP contribution in [0.1, 0.15) is 49.9 Å². The van der Waals surface area contributed by atoms with Crippen molar-refractivity contribution in [2.75, 3.05) is 47.8 Å². The molecule has 0 aliphatic carbocycles. The van der Waals surface area contributed by atoms with Gasteiger partial charge in [-0.1, -0.05) is 103 Å². The Morgan fingerprint density at radius 1 is 0.294 bits per heavy atom. The van der Waals surface area contributed by atoms with Gasteiger partial charge in [-0.05, 0) is 176 Å². The molecular formula is C90H96N12+4. The number of benzene rings is 9. The molecule has 12 nitrogen and oxygen atoms in total. The van der Waals surface area contributed by atoms with Gasteiger partial charge in [-0.2, -0.15) is 0 Å². The molecule has 0 spiro atoms. The highest BCUT2D eigenvalue weighted by Gasteiger charge is 2.30. The summed E-state index contributed by atoms with van der Waals surface area (Å²) in [6.45, 7) is 17.9. The van der Waals surface area contributed by atoms with E-state index in [9.17, 15) is 0 Å². The molecule has 4 aliphatic heterocycles. The summed E-state index contributed by atoms with van der Waals surface area (Å²) in [7, 11) is 17.0. The largest absolute Gasteiger partial charge is 0.359 e. The van der Waals surface area contributed by atoms with E-state index < -0.39 is 0 Å². The molecule has 0 N–H and O–H groups in total. The molecule has 0 amide bonds. The molecule has 0 bridgehead atoms. The number of aromatic nitrogens is 4. The number of pyridine rings is 4. The van der Waals surface area contributed by atoms with E-state index in [0.717, 1.165) is 0 Å². The second-order valence-corrected chi connectivity index (χ2v) is 28.0. The predicted molar refractivity (Wildman–Crippen MR) is 426 cm³/mol. The lowest BCUT2D eigenvalue weighted by atomic mass is 9.93. The van der Waals surface area contributed by atoms with E-state index in [0.29, 0.717) is 24.7 Å². The van der Waals surface area contributed by atoms with E-state index >= 15 is 0 Å². The molecule has 0 saturated heterocycles. The fourth-order valence-electron chi connectivity index (χ4n) is 15.6. The van der Waals surface area contributed by atoms with Crippen LogP contribution in [0.5, 0.6) is 0 Å². The Hall–Kier alpha value is -11.5. The smallest absolute Gasteiger partial charge is 0.221 e. The van der Waals surface area contributed by atoms with Crippen LogP contribution in [-0.4, -0.2) is 72.5 Å². The lowest BCUT2D eigenvalue weighted by Crippen LogP contribution is -2.34. The lowest BCUT2D eigenvalue weighted by Gasteiger charge is -2.29. The minimum atomic E-state index is 0.317. The fourth-order valence-corrected chi connectivity index (χ4v) is 15.6. The van der Waals surface area contributed by atoms with Crippen molar-refractivity contribution in [2.24, 2.45) is 28.2 Å². The van der Waals surface area contributed by atoms with E-state index in [1.165, 1.54) is 144 Å². The number of nitrogens with zero attached hydrogens (tertiary/aromatic N) is 12. The quantitative estimate of drug-likeness (QED) is 0.116. The molecule has 0 unspecified atom stereocenters. The van der Waals surface area contributed by atoms with Crippen LogP contribution in [-0.2, 0) is 28.2 Å². The summed E-state index contributed by atoms with van der Waals surface area (Å²) < 4.78 is 8.91. The third-order valence-electron chi connectivity index (χ3n) is 22.1. The van der Waals surface area contributed by atoms with Crippen molar-refractivity contribution in [3.63, 3.8) is 0 Å². The van der Waals surface area contributed by atoms with E-state index in [1.807, 2.05) is 0 Å². The second kappa shape index (κ2) is 27.9. The standard InChI is InChI=1S/C24H24N3.3C22H24N3/c1-16-22(27-15-14-25(3)17(27)2)12-11-20-18-8-5-6-9-19(18)21-10-7-13-26(4)24(21)23(16)20;1-16-21(25-14-13-23(3)17(25)2)15-18-9-5-6-10-19(18)22(16)20-11-7-8-12-24(20)4;1-16-20(10-7-11-21(16)25-13-12-23(3)17(25)2)22-14-18-8-5-6-9-19(18)15-24(22)4;1-16-19(10-7-11-21(16)25-15-14-23(3)17(25)2)22-20-9-6-5-8-18(20)12-13-24(22)4/h5-15,17H,1-4H3;3*5-15,17H,1-4H3/q4*+1/t4*17-/m0000/s1. The van der Waals surface area contributed by atoms with Crippen LogP contribution in [0.25, 0.3) is 98.5 Å². The summed E-state index contributed by atoms with van der Waals surface area (Å²) in [5.41, 5.74) is 19.2. The summed E-state index contributed by atoms with van der Waals surface area (Å²) in [6, 6.07) is 69.9. The van der Waals surface area contributed by atoms with E-state index in [2.05, 4.69) is 438 Å². The molecule has 12 heteroatoms. The van der Waals surface area contributed by atoms with Crippen molar-refractivity contribution in [1.82, 2.24) is 19.6 Å². The number of aryl methyl sites for hydroxylation is 5. The number of rotatable bonds is 7. The molecule has 13 aromatic rings. The van der Waals surface area contributed by atoms with Crippen molar-refractivity contribution >= 4 is 87.5 Å². The summed E-state index contributed by atoms with van der Waals surface area (Å²) in [6.07, 6.45) is 27.2. The van der Waals surface area contributed by atoms with Crippen molar-refractivity contribution in [1.29, 1.82) is 0 Å². The topological polar surface area (TPSA) is 41.4 Å². The van der Waals surface area contributed by atoms with Crippen LogP contribution >= 0.6 is 0 Å². The zero-order chi connectivity index (χ0) is 71.4. The normalized spacial score (nSPS) is 16.9. The summed E-state index contributed by atoms with van der Waals surface area (Å²) in [5.74, 6) is 0. The fraction of sp³-hybridized carbons (Fsp3) is 0.222. The second-order valence-electron chi connectivity index (χ2n) is 28.0. The minimum absolute atomic E-state index is 0.317. The molecule has 9 aromatic carbocycles. The Kier molecular flexibility index (Phi) is 18.5. The first kappa shape index (κ1) is 67.7. The van der Waals surface area contributed by atoms with Gasteiger partial charge in [0, 0.05) is 136 Å². The molecule has 512 valence electrons. The van der Waals surface area contributed by atoms with Crippen LogP contribution in [0.3, 0.4) is 0 Å². The van der Waals surface area contributed by atoms with Gasteiger partial charge in [-0.25, -0.2) is 18.3 Å². The van der Waals surface area contributed by atoms with Gasteiger partial charge in [0.05, 0.1) is 32.8 Å². The molecule has 102 heavy (non-hydrogen) atoms. The highest BCUT2D eigenvalue weighted by molar-refractivity contribution is 6.24. The molecule has 4 atom stereocenters. The highest BCUT2D eigenvalue weighted by Crippen LogP contribution is 2.43. The molecule has 0 fully saturated rings. The molecule has 4 aliphatic rings. The Morgan fingerprint density at radius 3 is 1.34 bits per heavy atom. The number of hydrogen-bond donors (Lipinski definition) is 0. The number of fused-ring (bicyclic) bond motifs is 9. The van der Waals surface area contributed by atoms with Crippen LogP contribution in [0.15, 0.2) is 269 Å². The van der Waals surface area contributed by atoms with E-state index in [4.69, 9.17) is 0 Å². The molecule has 17 rings (SSSR count). The maximum atomic E-state index is 2.36. The summed E-state index contributed by atoms with van der Waals surface area (Å²) in [5, 5.41) is 14.3. The first-order chi connectivity index (χ1) is 49.3. The van der Waals surface area contributed by atoms with E-state index in [-0.39, 0.29) is 0 Å². The third kappa shape index (κ3) is 12.2. The van der Waals surface area contributed by atoms with Crippen LogP contribution in [0, 0.1) is 27.7 Å². The Morgan fingerprint density at radius 2 is 0.765 bits per heavy atom. The van der Waals surface area contributed by atoms with Crippen molar-refractivity contribution in [3.8, 4) is 33.8 Å². The minimum Gasteiger partial charge on any atom is -0.359 e. The van der Waals surface area contributed by atoms with Gasteiger partial charge in [0.25, 0.3) is 0 Å². The first-order valence-corrected chi connectivity index (χ1v) is 35.7. The Labute approximate surface area is 602 Å². The molecule has 4 aromatic heterocycles. The molecule has 0 saturated carbocycles. The van der Waals surface area contributed by atoms with Crippen LogP contribution < -0.4 is 37.9 Å². The van der Waals surface area contributed by atoms with Gasteiger partial charge in [0.15, 0.2) is 24.8 Å². The van der Waals surface area contributed by atoms with Gasteiger partial charge < -0.3 is 39.2 Å². The number of anilines is 4. The van der Waals surface area contributed by atoms with Crippen molar-refractivity contribution in [2.45, 2.75) is 80.1 Å². The Balaban J connectivity index is 0.000000115. The maximum Gasteiger partial charge on any atom is 0.221 e. The SMILES string of the molecule is Cc1c(-c2c3ccccc3cc[n+]2C)cccc1N1C=CN(C)[C@@H]1C.Cc1c(-c2cc3ccccc3c[n+]2C)cccc1N1C=CN(C)[C@@H]1C.Cc1c(N2C=CN(C)[C@@H]2C)cc2ccccc2c1-c1cccc[n+]1C.Cc1c(N2C=CN(C)[C@@H]2C)ccc2c3ccccc3c3ccc[n+](C)c3c12. The zero-order valence-electron chi connectivity index (χ0n) is 62.1. The van der Waals surface area contributed by atoms with Gasteiger partial charge >= 0.3 is 0 Å². The third-order valence-corrected chi connectivity index (χ3v) is 22.1. The Bertz CT molecular complexity index is 5510. The summed E-state index contributed by atoms with van der Waals surface area (Å²) >= 11 is 0. The lowest BCUT2D eigenvalue weighted by molar-refractivity contribution is -0.660. The average Bonchev–Trinajstić information content (AvgIpc) is 0.934. The van der Waals surface area contributed by atoms with Crippen LogP contribution in [0.2, 0.25) is 0 Å². The first-order valence-electron chi connectivity index (χ1n) is 35.7. The average molecular weight is 1350 g/mol. The predicted octanol–water partition coefficient (Wildman–Crippen LogP) is 17.5. The van der Waals surface area contributed by atoms with Crippen LogP contribution in [0.4, 0.5) is 22.7 Å². The highest BCUT2D eigenvalue weighted by atomic mass is 15.4. The van der Waals surface area contributed by atoms with Gasteiger partial charge in [0.2, 0.25) is 22.6 Å².